The van der Waals surface area contributed by atoms with Crippen molar-refractivity contribution >= 4 is 29.2 Å². The number of amides is 1. The van der Waals surface area contributed by atoms with Gasteiger partial charge in [-0.15, -0.1) is 0 Å². The predicted octanol–water partition coefficient (Wildman–Crippen LogP) is 3.54. The lowest BCUT2D eigenvalue weighted by Gasteiger charge is -2.19. The van der Waals surface area contributed by atoms with Crippen molar-refractivity contribution in [1.29, 1.82) is 0 Å². The van der Waals surface area contributed by atoms with E-state index < -0.39 is 23.3 Å². The molecule has 0 aromatic heterocycles. The van der Waals surface area contributed by atoms with Crippen molar-refractivity contribution in [3.8, 4) is 0 Å². The zero-order valence-electron chi connectivity index (χ0n) is 11.6. The molecule has 0 aliphatic rings. The Morgan fingerprint density at radius 2 is 1.90 bits per heavy atom. The summed E-state index contributed by atoms with van der Waals surface area (Å²) in [6.45, 7) is 5.25. The summed E-state index contributed by atoms with van der Waals surface area (Å²) < 4.78 is 18.1. The lowest BCUT2D eigenvalue weighted by atomic mass is 10.2. The number of anilines is 1. The Labute approximate surface area is 122 Å². The standard InChI is InChI=1S/C14H17ClFNO3/c1-14(2,3)20-13(19)5-4-12(18)17-11-7-9(15)6-10(16)8-11/h6-8H,4-5H2,1-3H3,(H,17,18). The molecule has 0 heterocycles. The van der Waals surface area contributed by atoms with Gasteiger partial charge in [-0.25, -0.2) is 4.39 Å². The van der Waals surface area contributed by atoms with Crippen LogP contribution in [-0.4, -0.2) is 17.5 Å². The van der Waals surface area contributed by atoms with Crippen LogP contribution in [0.3, 0.4) is 0 Å². The molecule has 110 valence electrons. The van der Waals surface area contributed by atoms with Crippen LogP contribution in [0.2, 0.25) is 5.02 Å². The van der Waals surface area contributed by atoms with Gasteiger partial charge in [-0.05, 0) is 39.0 Å². The largest absolute Gasteiger partial charge is 0.460 e. The smallest absolute Gasteiger partial charge is 0.306 e. The minimum Gasteiger partial charge on any atom is -0.460 e. The van der Waals surface area contributed by atoms with Gasteiger partial charge in [0.05, 0.1) is 6.42 Å². The quantitative estimate of drug-likeness (QED) is 0.865. The molecule has 0 atom stereocenters. The van der Waals surface area contributed by atoms with E-state index in [9.17, 15) is 14.0 Å². The molecule has 1 N–H and O–H groups in total. The number of esters is 1. The fraction of sp³-hybridized carbons (Fsp3) is 0.429. The van der Waals surface area contributed by atoms with Gasteiger partial charge < -0.3 is 10.1 Å². The summed E-state index contributed by atoms with van der Waals surface area (Å²) >= 11 is 5.67. The number of ether oxygens (including phenoxy) is 1. The Hall–Kier alpha value is -1.62. The van der Waals surface area contributed by atoms with Gasteiger partial charge in [-0.1, -0.05) is 11.6 Å². The summed E-state index contributed by atoms with van der Waals surface area (Å²) in [5, 5.41) is 2.66. The molecule has 20 heavy (non-hydrogen) atoms. The van der Waals surface area contributed by atoms with Gasteiger partial charge in [0, 0.05) is 17.1 Å². The Bertz CT molecular complexity index is 491. The van der Waals surface area contributed by atoms with E-state index in [1.165, 1.54) is 6.07 Å². The minimum absolute atomic E-state index is 0.0356. The molecule has 1 rings (SSSR count). The number of carbonyl (C=O) groups is 2. The highest BCUT2D eigenvalue weighted by molar-refractivity contribution is 6.30. The van der Waals surface area contributed by atoms with E-state index in [1.807, 2.05) is 0 Å². The van der Waals surface area contributed by atoms with Crippen LogP contribution >= 0.6 is 11.6 Å². The first-order valence-electron chi connectivity index (χ1n) is 6.13. The maximum absolute atomic E-state index is 13.1. The number of hydrogen-bond donors (Lipinski definition) is 1. The first-order chi connectivity index (χ1) is 9.15. The summed E-state index contributed by atoms with van der Waals surface area (Å²) in [5.41, 5.74) is -0.326. The van der Waals surface area contributed by atoms with Crippen LogP contribution in [0, 0.1) is 5.82 Å². The Balaban J connectivity index is 2.46. The van der Waals surface area contributed by atoms with Gasteiger partial charge in [-0.2, -0.15) is 0 Å². The van der Waals surface area contributed by atoms with Crippen molar-refractivity contribution in [2.45, 2.75) is 39.2 Å². The average Bonchev–Trinajstić information content (AvgIpc) is 2.22. The average molecular weight is 302 g/mol. The highest BCUT2D eigenvalue weighted by atomic mass is 35.5. The van der Waals surface area contributed by atoms with E-state index in [-0.39, 0.29) is 23.6 Å². The normalized spacial score (nSPS) is 11.1. The topological polar surface area (TPSA) is 55.4 Å². The van der Waals surface area contributed by atoms with Gasteiger partial charge in [-0.3, -0.25) is 9.59 Å². The molecule has 1 aromatic rings. The van der Waals surface area contributed by atoms with Crippen LogP contribution in [-0.2, 0) is 14.3 Å². The monoisotopic (exact) mass is 301 g/mol. The molecule has 0 bridgehead atoms. The molecule has 0 spiro atoms. The molecule has 1 amide bonds. The van der Waals surface area contributed by atoms with Gasteiger partial charge in [0.1, 0.15) is 11.4 Å². The maximum Gasteiger partial charge on any atom is 0.306 e. The number of carbonyl (C=O) groups excluding carboxylic acids is 2. The molecular weight excluding hydrogens is 285 g/mol. The van der Waals surface area contributed by atoms with Crippen LogP contribution in [0.5, 0.6) is 0 Å². The maximum atomic E-state index is 13.1. The van der Waals surface area contributed by atoms with E-state index in [1.54, 1.807) is 20.8 Å². The number of halogens is 2. The SMILES string of the molecule is CC(C)(C)OC(=O)CCC(=O)Nc1cc(F)cc(Cl)c1. The lowest BCUT2D eigenvalue weighted by Crippen LogP contribution is -2.24. The van der Waals surface area contributed by atoms with Crippen molar-refractivity contribution in [3.63, 3.8) is 0 Å². The number of nitrogens with one attached hydrogen (secondary N) is 1. The molecule has 0 radical (unpaired) electrons. The zero-order chi connectivity index (χ0) is 15.3. The third-order valence-corrected chi connectivity index (χ3v) is 2.34. The summed E-state index contributed by atoms with van der Waals surface area (Å²) in [6, 6.07) is 3.71. The van der Waals surface area contributed by atoms with Crippen LogP contribution in [0.1, 0.15) is 33.6 Å². The van der Waals surface area contributed by atoms with Crippen LogP contribution in [0.25, 0.3) is 0 Å². The summed E-state index contributed by atoms with van der Waals surface area (Å²) in [6.07, 6.45) is -0.0742. The summed E-state index contributed by atoms with van der Waals surface area (Å²) in [4.78, 5) is 23.1. The van der Waals surface area contributed by atoms with Gasteiger partial charge in [0.25, 0.3) is 0 Å². The number of benzene rings is 1. The van der Waals surface area contributed by atoms with E-state index in [2.05, 4.69) is 5.32 Å². The molecule has 4 nitrogen and oxygen atoms in total. The van der Waals surface area contributed by atoms with Crippen LogP contribution in [0.4, 0.5) is 10.1 Å². The third-order valence-electron chi connectivity index (χ3n) is 2.12. The molecule has 0 unspecified atom stereocenters. The fourth-order valence-electron chi connectivity index (χ4n) is 1.46. The third kappa shape index (κ3) is 6.52. The molecule has 1 aromatic carbocycles. The first-order valence-corrected chi connectivity index (χ1v) is 6.51. The summed E-state index contributed by atoms with van der Waals surface area (Å²) in [5.74, 6) is -1.40. The highest BCUT2D eigenvalue weighted by Crippen LogP contribution is 2.18. The fourth-order valence-corrected chi connectivity index (χ4v) is 1.68. The Morgan fingerprint density at radius 1 is 1.25 bits per heavy atom. The van der Waals surface area contributed by atoms with Crippen LogP contribution < -0.4 is 5.32 Å². The number of hydrogen-bond acceptors (Lipinski definition) is 3. The molecule has 0 saturated heterocycles. The van der Waals surface area contributed by atoms with Crippen molar-refractivity contribution in [2.75, 3.05) is 5.32 Å². The molecule has 0 aliphatic carbocycles. The van der Waals surface area contributed by atoms with Crippen molar-refractivity contribution in [3.05, 3.63) is 29.0 Å². The molecule has 6 heteroatoms. The Kier molecular flexibility index (Phi) is 5.51. The first kappa shape index (κ1) is 16.4. The Morgan fingerprint density at radius 3 is 2.45 bits per heavy atom. The van der Waals surface area contributed by atoms with E-state index in [0.29, 0.717) is 0 Å². The summed E-state index contributed by atoms with van der Waals surface area (Å²) in [7, 11) is 0. The second-order valence-corrected chi connectivity index (χ2v) is 5.73. The zero-order valence-corrected chi connectivity index (χ0v) is 12.4. The number of rotatable bonds is 4. The van der Waals surface area contributed by atoms with Crippen LogP contribution in [0.15, 0.2) is 18.2 Å². The van der Waals surface area contributed by atoms with Gasteiger partial charge in [0.15, 0.2) is 0 Å². The highest BCUT2D eigenvalue weighted by Gasteiger charge is 2.17. The van der Waals surface area contributed by atoms with Gasteiger partial charge in [0.2, 0.25) is 5.91 Å². The molecule has 0 aliphatic heterocycles. The van der Waals surface area contributed by atoms with Gasteiger partial charge >= 0.3 is 5.97 Å². The van der Waals surface area contributed by atoms with E-state index in [0.717, 1.165) is 12.1 Å². The van der Waals surface area contributed by atoms with Crippen molar-refractivity contribution in [2.24, 2.45) is 0 Å². The minimum atomic E-state index is -0.580. The second-order valence-electron chi connectivity index (χ2n) is 5.29. The van der Waals surface area contributed by atoms with E-state index >= 15 is 0 Å². The second kappa shape index (κ2) is 6.70. The van der Waals surface area contributed by atoms with Crippen molar-refractivity contribution in [1.82, 2.24) is 0 Å². The molecular formula is C14H17ClFNO3. The lowest BCUT2D eigenvalue weighted by molar-refractivity contribution is -0.155. The van der Waals surface area contributed by atoms with Crippen molar-refractivity contribution < 1.29 is 18.7 Å². The van der Waals surface area contributed by atoms with E-state index in [4.69, 9.17) is 16.3 Å². The predicted molar refractivity (Wildman–Crippen MR) is 75.1 cm³/mol. The molecule has 0 saturated carbocycles. The molecule has 0 fully saturated rings.